The van der Waals surface area contributed by atoms with Crippen molar-refractivity contribution in [3.05, 3.63) is 44.8 Å². The normalized spacial score (nSPS) is 28.4. The van der Waals surface area contributed by atoms with E-state index in [2.05, 4.69) is 64.5 Å². The van der Waals surface area contributed by atoms with Crippen molar-refractivity contribution < 1.29 is 12.4 Å². The molecule has 4 aliphatic rings. The minimum absolute atomic E-state index is 0.419. The van der Waals surface area contributed by atoms with Gasteiger partial charge in [0, 0.05) is 0 Å². The monoisotopic (exact) mass is 559 g/mol. The van der Waals surface area contributed by atoms with Crippen molar-refractivity contribution in [3.63, 3.8) is 0 Å². The molecular formula is C26H45Cl2Si3Ti. The van der Waals surface area contributed by atoms with Crippen LogP contribution in [0.4, 0.5) is 0 Å². The Morgan fingerprint density at radius 1 is 0.688 bits per heavy atom. The molecule has 179 valence electrons. The maximum absolute atomic E-state index is 8.50. The average Bonchev–Trinajstić information content (AvgIpc) is 3.28. The molecule has 0 heterocycles. The molecule has 0 aromatic carbocycles. The predicted molar refractivity (Wildman–Crippen MR) is 152 cm³/mol. The van der Waals surface area contributed by atoms with E-state index in [9.17, 15) is 0 Å². The summed E-state index contributed by atoms with van der Waals surface area (Å²) in [4.78, 5) is 0. The number of allylic oxidation sites excluding steroid dienone is 8. The van der Waals surface area contributed by atoms with Crippen molar-refractivity contribution in [2.24, 2.45) is 0 Å². The Morgan fingerprint density at radius 2 is 1.03 bits per heavy atom. The molecule has 4 rings (SSSR count). The molecular weight excluding hydrogens is 515 g/mol. The molecule has 0 radical (unpaired) electrons. The standard InChI is InChI=1S/2C12H19Si.C2H7Si.2ClH.Ti/c2*1-13(2,3)12-8-10-6-4-5-7-11(10)9-12;1-3-2;;;/h2*8-9H,4-7H2,1-3H3;3H,1-2H3;2*1H;/q;;;;;+2/p-2. The summed E-state index contributed by atoms with van der Waals surface area (Å²) in [6, 6.07) is 0. The number of rotatable bonds is 5. The maximum atomic E-state index is 8.50. The van der Waals surface area contributed by atoms with Crippen LogP contribution in [0.1, 0.15) is 51.4 Å². The average molecular weight is 561 g/mol. The van der Waals surface area contributed by atoms with Gasteiger partial charge in [-0.05, 0) is 0 Å². The van der Waals surface area contributed by atoms with E-state index in [-0.39, 0.29) is 0 Å². The van der Waals surface area contributed by atoms with E-state index >= 15 is 0 Å². The van der Waals surface area contributed by atoms with Gasteiger partial charge in [0.05, 0.1) is 0 Å². The zero-order valence-corrected chi connectivity index (χ0v) is 28.0. The van der Waals surface area contributed by atoms with Crippen molar-refractivity contribution in [1.82, 2.24) is 0 Å². The fourth-order valence-electron chi connectivity index (χ4n) is 7.20. The summed E-state index contributed by atoms with van der Waals surface area (Å²) < 4.78 is 0.838. The summed E-state index contributed by atoms with van der Waals surface area (Å²) in [5, 5.41) is 3.46. The molecule has 2 atom stereocenters. The van der Waals surface area contributed by atoms with Crippen LogP contribution in [-0.4, -0.2) is 22.8 Å². The van der Waals surface area contributed by atoms with Crippen molar-refractivity contribution in [3.8, 4) is 0 Å². The molecule has 0 aromatic rings. The molecule has 0 aromatic heterocycles. The SMILES string of the molecule is C[SiH](C)[Ti]([Cl])([Cl])([CH]1C([Si](C)(C)C)=CC2=C1CCCC2)[CH]1C([Si](C)(C)C)=CC2=C1CCCC2. The second-order valence-corrected chi connectivity index (χ2v) is 52.9. The third-order valence-electron chi connectivity index (χ3n) is 9.03. The van der Waals surface area contributed by atoms with E-state index in [1.165, 1.54) is 51.4 Å². The number of hydrogen-bond acceptors (Lipinski definition) is 0. The van der Waals surface area contributed by atoms with Crippen molar-refractivity contribution >= 4 is 41.4 Å². The van der Waals surface area contributed by atoms with Crippen LogP contribution in [0.15, 0.2) is 44.8 Å². The van der Waals surface area contributed by atoms with E-state index < -0.39 is 35.3 Å². The number of hydrogen-bond donors (Lipinski definition) is 0. The molecule has 0 bridgehead atoms. The summed E-state index contributed by atoms with van der Waals surface area (Å²) in [7, 11) is 13.9. The first-order valence-corrected chi connectivity index (χ1v) is 31.8. The third-order valence-corrected chi connectivity index (χ3v) is 49.4. The van der Waals surface area contributed by atoms with Crippen molar-refractivity contribution in [2.45, 2.75) is 112 Å². The van der Waals surface area contributed by atoms with Gasteiger partial charge in [0.1, 0.15) is 0 Å². The number of halogens is 2. The molecule has 6 heteroatoms. The molecule has 0 N–H and O–H groups in total. The van der Waals surface area contributed by atoms with E-state index in [0.717, 1.165) is 0 Å². The first-order chi connectivity index (χ1) is 14.7. The van der Waals surface area contributed by atoms with Gasteiger partial charge in [-0.25, -0.2) is 0 Å². The van der Waals surface area contributed by atoms with E-state index in [0.29, 0.717) is 8.45 Å². The summed E-state index contributed by atoms with van der Waals surface area (Å²) in [5.41, 5.74) is 6.74. The molecule has 0 spiro atoms. The van der Waals surface area contributed by atoms with E-state index in [4.69, 9.17) is 18.6 Å². The zero-order chi connectivity index (χ0) is 23.7. The van der Waals surface area contributed by atoms with Gasteiger partial charge in [-0.1, -0.05) is 0 Å². The first-order valence-electron chi connectivity index (χ1n) is 13.1. The van der Waals surface area contributed by atoms with Crippen LogP contribution >= 0.6 is 18.6 Å². The van der Waals surface area contributed by atoms with Crippen LogP contribution in [0.3, 0.4) is 0 Å². The molecule has 0 saturated carbocycles. The quantitative estimate of drug-likeness (QED) is 0.294. The Kier molecular flexibility index (Phi) is 6.89. The van der Waals surface area contributed by atoms with Crippen LogP contribution < -0.4 is 0 Å². The fraction of sp³-hybridized carbons (Fsp3) is 0.692. The summed E-state index contributed by atoms with van der Waals surface area (Å²) in [6.45, 7) is 19.0. The second-order valence-electron chi connectivity index (χ2n) is 13.5. The minimum atomic E-state index is -4.09. The molecule has 0 fully saturated rings. The third kappa shape index (κ3) is 4.02. The summed E-state index contributed by atoms with van der Waals surface area (Å²) in [6.07, 6.45) is 15.6. The van der Waals surface area contributed by atoms with Crippen LogP contribution in [0, 0.1) is 0 Å². The Hall–Kier alpha value is 0.905. The molecule has 4 aliphatic carbocycles. The molecule has 32 heavy (non-hydrogen) atoms. The van der Waals surface area contributed by atoms with E-state index in [1.54, 1.807) is 32.7 Å². The molecule has 0 saturated heterocycles. The zero-order valence-electron chi connectivity index (χ0n) is 21.8. The van der Waals surface area contributed by atoms with Crippen LogP contribution in [0.25, 0.3) is 0 Å². The Bertz CT molecular complexity index is 871. The second kappa shape index (κ2) is 8.49. The van der Waals surface area contributed by atoms with Gasteiger partial charge in [-0.15, -0.1) is 0 Å². The molecule has 0 amide bonds. The van der Waals surface area contributed by atoms with Gasteiger partial charge in [0.25, 0.3) is 0 Å². The Balaban J connectivity index is 1.99. The molecule has 0 aliphatic heterocycles. The van der Waals surface area contributed by atoms with Gasteiger partial charge in [-0.2, -0.15) is 0 Å². The topological polar surface area (TPSA) is 0 Å². The Morgan fingerprint density at radius 3 is 1.34 bits per heavy atom. The molecule has 2 unspecified atom stereocenters. The summed E-state index contributed by atoms with van der Waals surface area (Å²) in [5.74, 6) is 0. The predicted octanol–water partition coefficient (Wildman–Crippen LogP) is 9.92. The first kappa shape index (κ1) is 26.0. The van der Waals surface area contributed by atoms with Gasteiger partial charge < -0.3 is 0 Å². The van der Waals surface area contributed by atoms with Gasteiger partial charge in [-0.3, -0.25) is 0 Å². The van der Waals surface area contributed by atoms with Gasteiger partial charge in [0.15, 0.2) is 0 Å². The van der Waals surface area contributed by atoms with E-state index in [1.807, 2.05) is 0 Å². The molecule has 0 nitrogen and oxygen atoms in total. The van der Waals surface area contributed by atoms with Crippen LogP contribution in [0.5, 0.6) is 0 Å². The fourth-order valence-corrected chi connectivity index (χ4v) is 40.6. The van der Waals surface area contributed by atoms with Crippen molar-refractivity contribution in [2.75, 3.05) is 0 Å². The van der Waals surface area contributed by atoms with Crippen LogP contribution in [0.2, 0.25) is 60.8 Å². The Labute approximate surface area is 209 Å². The van der Waals surface area contributed by atoms with Gasteiger partial charge in [0.2, 0.25) is 0 Å². The van der Waals surface area contributed by atoms with Gasteiger partial charge >= 0.3 is 211 Å². The van der Waals surface area contributed by atoms with Crippen molar-refractivity contribution in [1.29, 1.82) is 0 Å². The summed E-state index contributed by atoms with van der Waals surface area (Å²) >= 11 is -4.09. The van der Waals surface area contributed by atoms with Crippen LogP contribution in [-0.2, 0) is 12.4 Å².